The number of amides is 1. The van der Waals surface area contributed by atoms with E-state index in [9.17, 15) is 13.2 Å². The molecule has 0 saturated heterocycles. The number of sulfonamides is 1. The molecular formula is C19H24N2O3S2. The second kappa shape index (κ2) is 8.70. The number of anilines is 1. The number of thioether (sulfide) groups is 1. The van der Waals surface area contributed by atoms with E-state index in [1.54, 1.807) is 33.0 Å². The predicted molar refractivity (Wildman–Crippen MR) is 107 cm³/mol. The van der Waals surface area contributed by atoms with Crippen molar-refractivity contribution in [3.8, 4) is 0 Å². The molecule has 1 N–H and O–H groups in total. The lowest BCUT2D eigenvalue weighted by Gasteiger charge is -2.19. The third-order valence-electron chi connectivity index (χ3n) is 3.91. The fraction of sp³-hybridized carbons (Fsp3) is 0.316. The first-order chi connectivity index (χ1) is 12.3. The van der Waals surface area contributed by atoms with Gasteiger partial charge in [-0.1, -0.05) is 44.2 Å². The Morgan fingerprint density at radius 2 is 1.81 bits per heavy atom. The minimum absolute atomic E-state index is 0.146. The molecule has 5 nitrogen and oxygen atoms in total. The first-order valence-corrected chi connectivity index (χ1v) is 10.9. The number of nitrogens with zero attached hydrogens (tertiary/aromatic N) is 1. The summed E-state index contributed by atoms with van der Waals surface area (Å²) in [6.45, 7) is 3.87. The number of nitrogens with one attached hydrogen (secondary N) is 1. The van der Waals surface area contributed by atoms with E-state index in [-0.39, 0.29) is 23.3 Å². The maximum atomic E-state index is 12.9. The second-order valence-electron chi connectivity index (χ2n) is 6.25. The molecule has 0 aromatic heterocycles. The quantitative estimate of drug-likeness (QED) is 0.728. The average molecular weight is 393 g/mol. The molecule has 2 aromatic carbocycles. The van der Waals surface area contributed by atoms with Crippen molar-refractivity contribution in [3.05, 3.63) is 54.1 Å². The Kier molecular flexibility index (Phi) is 6.86. The highest BCUT2D eigenvalue weighted by molar-refractivity contribution is 7.98. The van der Waals surface area contributed by atoms with Gasteiger partial charge in [0.1, 0.15) is 0 Å². The molecule has 140 valence electrons. The summed E-state index contributed by atoms with van der Waals surface area (Å²) in [4.78, 5) is 13.0. The maximum Gasteiger partial charge on any atom is 0.243 e. The van der Waals surface area contributed by atoms with Crippen molar-refractivity contribution in [2.75, 3.05) is 18.6 Å². The van der Waals surface area contributed by atoms with Crippen LogP contribution in [0.5, 0.6) is 0 Å². The minimum atomic E-state index is -3.67. The zero-order valence-electron chi connectivity index (χ0n) is 15.4. The average Bonchev–Trinajstić information content (AvgIpc) is 2.62. The standard InChI is InChI=1S/C19H24N2O3S2/c1-14(2)19(22)20-17-12-16(10-11-18(17)25-4)26(23,24)21(3)13-15-8-6-5-7-9-15/h5-12,14H,13H2,1-4H3,(H,20,22). The first kappa shape index (κ1) is 20.5. The van der Waals surface area contributed by atoms with Crippen molar-refractivity contribution in [2.24, 2.45) is 5.92 Å². The van der Waals surface area contributed by atoms with Gasteiger partial charge in [-0.25, -0.2) is 8.42 Å². The summed E-state index contributed by atoms with van der Waals surface area (Å²) in [5, 5.41) is 2.82. The normalized spacial score (nSPS) is 11.8. The summed E-state index contributed by atoms with van der Waals surface area (Å²) in [6.07, 6.45) is 1.88. The van der Waals surface area contributed by atoms with Gasteiger partial charge in [-0.05, 0) is 30.0 Å². The van der Waals surface area contributed by atoms with E-state index in [1.165, 1.54) is 22.1 Å². The first-order valence-electron chi connectivity index (χ1n) is 8.25. The number of hydrogen-bond acceptors (Lipinski definition) is 4. The van der Waals surface area contributed by atoms with Gasteiger partial charge in [0.25, 0.3) is 0 Å². The van der Waals surface area contributed by atoms with Crippen molar-refractivity contribution >= 4 is 33.4 Å². The van der Waals surface area contributed by atoms with Crippen LogP contribution in [0.2, 0.25) is 0 Å². The highest BCUT2D eigenvalue weighted by Crippen LogP contribution is 2.30. The van der Waals surface area contributed by atoms with E-state index < -0.39 is 10.0 Å². The summed E-state index contributed by atoms with van der Waals surface area (Å²) < 4.78 is 27.1. The Bertz CT molecular complexity index is 866. The van der Waals surface area contributed by atoms with Crippen LogP contribution in [-0.4, -0.2) is 31.9 Å². The van der Waals surface area contributed by atoms with E-state index in [0.29, 0.717) is 5.69 Å². The third-order valence-corrected chi connectivity index (χ3v) is 6.50. The molecule has 2 rings (SSSR count). The summed E-state index contributed by atoms with van der Waals surface area (Å²) in [5.74, 6) is -0.335. The SMILES string of the molecule is CSc1ccc(S(=O)(=O)N(C)Cc2ccccc2)cc1NC(=O)C(C)C. The van der Waals surface area contributed by atoms with Crippen LogP contribution in [0.25, 0.3) is 0 Å². The lowest BCUT2D eigenvalue weighted by atomic mass is 10.2. The molecule has 2 aromatic rings. The molecule has 0 aliphatic carbocycles. The molecule has 0 aliphatic heterocycles. The van der Waals surface area contributed by atoms with Gasteiger partial charge >= 0.3 is 0 Å². The molecule has 0 fully saturated rings. The number of benzene rings is 2. The van der Waals surface area contributed by atoms with E-state index in [2.05, 4.69) is 5.32 Å². The van der Waals surface area contributed by atoms with Crippen LogP contribution in [0.1, 0.15) is 19.4 Å². The Labute approximate surface area is 159 Å². The van der Waals surface area contributed by atoms with Gasteiger partial charge in [0.05, 0.1) is 10.6 Å². The summed E-state index contributed by atoms with van der Waals surface area (Å²) >= 11 is 1.46. The Balaban J connectivity index is 2.32. The molecule has 0 aliphatic rings. The number of rotatable bonds is 7. The lowest BCUT2D eigenvalue weighted by molar-refractivity contribution is -0.118. The fourth-order valence-corrected chi connectivity index (χ4v) is 4.05. The van der Waals surface area contributed by atoms with Crippen LogP contribution in [0.4, 0.5) is 5.69 Å². The molecule has 0 heterocycles. The van der Waals surface area contributed by atoms with E-state index in [1.807, 2.05) is 36.6 Å². The molecule has 0 bridgehead atoms. The summed E-state index contributed by atoms with van der Waals surface area (Å²) in [5.41, 5.74) is 1.43. The van der Waals surface area contributed by atoms with Crippen molar-refractivity contribution in [1.29, 1.82) is 0 Å². The Morgan fingerprint density at radius 3 is 2.38 bits per heavy atom. The highest BCUT2D eigenvalue weighted by Gasteiger charge is 2.22. The van der Waals surface area contributed by atoms with Gasteiger partial charge < -0.3 is 5.32 Å². The van der Waals surface area contributed by atoms with Crippen molar-refractivity contribution in [3.63, 3.8) is 0 Å². The fourth-order valence-electron chi connectivity index (χ4n) is 2.33. The number of carbonyl (C=O) groups is 1. The van der Waals surface area contributed by atoms with Crippen LogP contribution >= 0.6 is 11.8 Å². The molecule has 1 amide bonds. The Morgan fingerprint density at radius 1 is 1.15 bits per heavy atom. The maximum absolute atomic E-state index is 12.9. The van der Waals surface area contributed by atoms with Gasteiger partial charge in [-0.3, -0.25) is 4.79 Å². The van der Waals surface area contributed by atoms with E-state index >= 15 is 0 Å². The molecule has 0 radical (unpaired) electrons. The zero-order chi connectivity index (χ0) is 19.3. The number of hydrogen-bond donors (Lipinski definition) is 1. The van der Waals surface area contributed by atoms with Crippen LogP contribution in [0.15, 0.2) is 58.3 Å². The van der Waals surface area contributed by atoms with Crippen LogP contribution in [-0.2, 0) is 21.4 Å². The van der Waals surface area contributed by atoms with Crippen LogP contribution in [0.3, 0.4) is 0 Å². The monoisotopic (exact) mass is 392 g/mol. The van der Waals surface area contributed by atoms with Gasteiger partial charge in [0.2, 0.25) is 15.9 Å². The van der Waals surface area contributed by atoms with Crippen molar-refractivity contribution < 1.29 is 13.2 Å². The topological polar surface area (TPSA) is 66.5 Å². The smallest absolute Gasteiger partial charge is 0.243 e. The molecule has 26 heavy (non-hydrogen) atoms. The van der Waals surface area contributed by atoms with Crippen LogP contribution in [0, 0.1) is 5.92 Å². The van der Waals surface area contributed by atoms with Gasteiger partial charge in [-0.15, -0.1) is 11.8 Å². The molecule has 0 atom stereocenters. The zero-order valence-corrected chi connectivity index (χ0v) is 17.0. The van der Waals surface area contributed by atoms with Crippen LogP contribution < -0.4 is 5.32 Å². The van der Waals surface area contributed by atoms with E-state index in [0.717, 1.165) is 10.5 Å². The van der Waals surface area contributed by atoms with Crippen molar-refractivity contribution in [1.82, 2.24) is 4.31 Å². The van der Waals surface area contributed by atoms with Gasteiger partial charge in [0, 0.05) is 24.4 Å². The largest absolute Gasteiger partial charge is 0.325 e. The predicted octanol–water partition coefficient (Wildman–Crippen LogP) is 3.82. The Hall–Kier alpha value is -1.83. The van der Waals surface area contributed by atoms with Crippen molar-refractivity contribution in [2.45, 2.75) is 30.2 Å². The highest BCUT2D eigenvalue weighted by atomic mass is 32.2. The van der Waals surface area contributed by atoms with E-state index in [4.69, 9.17) is 0 Å². The number of carbonyl (C=O) groups excluding carboxylic acids is 1. The molecule has 0 spiro atoms. The molecule has 7 heteroatoms. The van der Waals surface area contributed by atoms with Gasteiger partial charge in [-0.2, -0.15) is 4.31 Å². The molecular weight excluding hydrogens is 368 g/mol. The summed E-state index contributed by atoms with van der Waals surface area (Å²) in [7, 11) is -2.12. The van der Waals surface area contributed by atoms with Gasteiger partial charge in [0.15, 0.2) is 0 Å². The summed E-state index contributed by atoms with van der Waals surface area (Å²) in [6, 6.07) is 14.3. The molecule has 0 saturated carbocycles. The lowest BCUT2D eigenvalue weighted by Crippen LogP contribution is -2.26. The second-order valence-corrected chi connectivity index (χ2v) is 9.15. The molecule has 0 unspecified atom stereocenters. The minimum Gasteiger partial charge on any atom is -0.325 e. The third kappa shape index (κ3) is 4.87.